The van der Waals surface area contributed by atoms with Crippen LogP contribution in [0, 0.1) is 36.5 Å². The molecule has 1 unspecified atom stereocenters. The SMILES string of the molecule is Cc1nc(CC(N)C2C3CC4CC(C3)CC2C4)n(C)n1. The fourth-order valence-electron chi connectivity index (χ4n) is 5.75. The van der Waals surface area contributed by atoms with Crippen molar-refractivity contribution in [3.8, 4) is 0 Å². The van der Waals surface area contributed by atoms with Crippen molar-refractivity contribution >= 4 is 0 Å². The number of nitrogens with zero attached hydrogens (tertiary/aromatic N) is 3. The summed E-state index contributed by atoms with van der Waals surface area (Å²) < 4.78 is 1.91. The van der Waals surface area contributed by atoms with Gasteiger partial charge >= 0.3 is 0 Å². The van der Waals surface area contributed by atoms with Gasteiger partial charge in [0.15, 0.2) is 0 Å². The van der Waals surface area contributed by atoms with E-state index in [2.05, 4.69) is 10.1 Å². The number of hydrogen-bond donors (Lipinski definition) is 1. The van der Waals surface area contributed by atoms with E-state index in [1.807, 2.05) is 18.7 Å². The summed E-state index contributed by atoms with van der Waals surface area (Å²) in [5.74, 6) is 6.51. The van der Waals surface area contributed by atoms with Crippen LogP contribution in [0.5, 0.6) is 0 Å². The van der Waals surface area contributed by atoms with E-state index >= 15 is 0 Å². The molecule has 0 saturated heterocycles. The van der Waals surface area contributed by atoms with Crippen molar-refractivity contribution in [2.45, 2.75) is 51.5 Å². The summed E-state index contributed by atoms with van der Waals surface area (Å²) in [7, 11) is 1.99. The van der Waals surface area contributed by atoms with Crippen LogP contribution in [0.1, 0.15) is 43.8 Å². The second-order valence-electron chi connectivity index (χ2n) is 7.57. The first-order valence-electron chi connectivity index (χ1n) is 8.22. The normalized spacial score (nSPS) is 40.2. The Balaban J connectivity index is 1.51. The molecule has 1 aromatic rings. The van der Waals surface area contributed by atoms with E-state index in [0.717, 1.165) is 47.7 Å². The molecular formula is C16H26N4. The molecule has 4 nitrogen and oxygen atoms in total. The van der Waals surface area contributed by atoms with Crippen molar-refractivity contribution in [3.63, 3.8) is 0 Å². The topological polar surface area (TPSA) is 56.7 Å². The van der Waals surface area contributed by atoms with E-state index in [1.165, 1.54) is 32.1 Å². The predicted molar refractivity (Wildman–Crippen MR) is 78.0 cm³/mol. The van der Waals surface area contributed by atoms with Crippen molar-refractivity contribution in [1.29, 1.82) is 0 Å². The molecule has 4 aliphatic carbocycles. The zero-order chi connectivity index (χ0) is 13.9. The molecule has 0 aromatic carbocycles. The summed E-state index contributed by atoms with van der Waals surface area (Å²) in [6, 6.07) is 0.271. The molecule has 1 heterocycles. The Morgan fingerprint density at radius 2 is 1.75 bits per heavy atom. The molecule has 4 heteroatoms. The Kier molecular flexibility index (Phi) is 2.92. The highest BCUT2D eigenvalue weighted by atomic mass is 15.3. The quantitative estimate of drug-likeness (QED) is 0.918. The van der Waals surface area contributed by atoms with Gasteiger partial charge in [0.2, 0.25) is 0 Å². The van der Waals surface area contributed by atoms with Crippen LogP contribution in [0.4, 0.5) is 0 Å². The van der Waals surface area contributed by atoms with E-state index in [-0.39, 0.29) is 6.04 Å². The molecule has 1 aromatic heterocycles. The molecule has 4 bridgehead atoms. The molecule has 4 aliphatic rings. The van der Waals surface area contributed by atoms with Gasteiger partial charge in [-0.05, 0) is 68.6 Å². The molecule has 20 heavy (non-hydrogen) atoms. The average Bonchev–Trinajstić information content (AvgIpc) is 2.66. The highest BCUT2D eigenvalue weighted by molar-refractivity contribution is 5.03. The number of hydrogen-bond acceptors (Lipinski definition) is 3. The van der Waals surface area contributed by atoms with E-state index in [0.29, 0.717) is 0 Å². The van der Waals surface area contributed by atoms with Crippen molar-refractivity contribution in [2.24, 2.45) is 42.4 Å². The number of aromatic nitrogens is 3. The molecule has 0 spiro atoms. The summed E-state index contributed by atoms with van der Waals surface area (Å²) in [5.41, 5.74) is 6.63. The van der Waals surface area contributed by atoms with Gasteiger partial charge in [-0.25, -0.2) is 4.98 Å². The van der Waals surface area contributed by atoms with Crippen molar-refractivity contribution in [3.05, 3.63) is 11.6 Å². The van der Waals surface area contributed by atoms with Crippen LogP contribution in [0.2, 0.25) is 0 Å². The molecule has 4 fully saturated rings. The Morgan fingerprint density at radius 3 is 2.25 bits per heavy atom. The van der Waals surface area contributed by atoms with Crippen molar-refractivity contribution in [2.75, 3.05) is 0 Å². The van der Waals surface area contributed by atoms with E-state index in [9.17, 15) is 0 Å². The Hall–Kier alpha value is -0.900. The van der Waals surface area contributed by atoms with Gasteiger partial charge in [0.25, 0.3) is 0 Å². The minimum absolute atomic E-state index is 0.271. The van der Waals surface area contributed by atoms with E-state index in [4.69, 9.17) is 5.73 Å². The lowest BCUT2D eigenvalue weighted by Gasteiger charge is -2.56. The highest BCUT2D eigenvalue weighted by Gasteiger charge is 2.49. The van der Waals surface area contributed by atoms with Crippen molar-refractivity contribution < 1.29 is 0 Å². The Bertz CT molecular complexity index is 479. The number of aryl methyl sites for hydroxylation is 2. The minimum atomic E-state index is 0.271. The van der Waals surface area contributed by atoms with Gasteiger partial charge in [0.05, 0.1) is 0 Å². The molecule has 0 aliphatic heterocycles. The third-order valence-corrected chi connectivity index (χ3v) is 6.17. The lowest BCUT2D eigenvalue weighted by molar-refractivity contribution is -0.0467. The van der Waals surface area contributed by atoms with Crippen molar-refractivity contribution in [1.82, 2.24) is 14.8 Å². The second kappa shape index (κ2) is 4.55. The standard InChI is InChI=1S/C16H26N4/c1-9-18-15(20(2)19-9)8-14(17)16-12-4-10-3-11(6-12)7-13(16)5-10/h10-14,16H,3-8,17H2,1-2H3. The summed E-state index contributed by atoms with van der Waals surface area (Å²) >= 11 is 0. The van der Waals surface area contributed by atoms with Crippen LogP contribution in [-0.2, 0) is 13.5 Å². The largest absolute Gasteiger partial charge is 0.327 e. The Morgan fingerprint density at radius 1 is 1.15 bits per heavy atom. The van der Waals surface area contributed by atoms with Crippen LogP contribution in [0.3, 0.4) is 0 Å². The first-order chi connectivity index (χ1) is 9.60. The van der Waals surface area contributed by atoms with Gasteiger partial charge in [-0.2, -0.15) is 5.10 Å². The first-order valence-corrected chi connectivity index (χ1v) is 8.22. The lowest BCUT2D eigenvalue weighted by atomic mass is 9.50. The smallest absolute Gasteiger partial charge is 0.147 e. The predicted octanol–water partition coefficient (Wildman–Crippen LogP) is 2.07. The molecule has 5 rings (SSSR count). The zero-order valence-electron chi connectivity index (χ0n) is 12.6. The monoisotopic (exact) mass is 274 g/mol. The minimum Gasteiger partial charge on any atom is -0.327 e. The zero-order valence-corrected chi connectivity index (χ0v) is 12.6. The molecule has 110 valence electrons. The van der Waals surface area contributed by atoms with Crippen LogP contribution in [0.15, 0.2) is 0 Å². The third-order valence-electron chi connectivity index (χ3n) is 6.17. The van der Waals surface area contributed by atoms with Crippen LogP contribution in [0.25, 0.3) is 0 Å². The maximum atomic E-state index is 6.63. The van der Waals surface area contributed by atoms with Gasteiger partial charge in [0, 0.05) is 19.5 Å². The first kappa shape index (κ1) is 12.8. The molecule has 4 saturated carbocycles. The van der Waals surface area contributed by atoms with Crippen LogP contribution >= 0.6 is 0 Å². The summed E-state index contributed by atoms with van der Waals surface area (Å²) in [4.78, 5) is 4.53. The molecule has 0 amide bonds. The van der Waals surface area contributed by atoms with E-state index in [1.54, 1.807) is 0 Å². The lowest BCUT2D eigenvalue weighted by Crippen LogP contribution is -2.52. The van der Waals surface area contributed by atoms with Gasteiger partial charge in [-0.3, -0.25) is 4.68 Å². The molecular weight excluding hydrogens is 248 g/mol. The third kappa shape index (κ3) is 2.00. The van der Waals surface area contributed by atoms with Crippen LogP contribution in [-0.4, -0.2) is 20.8 Å². The van der Waals surface area contributed by atoms with Gasteiger partial charge in [-0.15, -0.1) is 0 Å². The molecule has 0 radical (unpaired) electrons. The fourth-order valence-corrected chi connectivity index (χ4v) is 5.75. The summed E-state index contributed by atoms with van der Waals surface area (Å²) in [6.45, 7) is 1.96. The fraction of sp³-hybridized carbons (Fsp3) is 0.875. The van der Waals surface area contributed by atoms with Gasteiger partial charge in [-0.1, -0.05) is 0 Å². The Labute approximate surface area is 121 Å². The van der Waals surface area contributed by atoms with E-state index < -0.39 is 0 Å². The maximum absolute atomic E-state index is 6.63. The molecule has 2 N–H and O–H groups in total. The number of rotatable bonds is 3. The van der Waals surface area contributed by atoms with Gasteiger partial charge < -0.3 is 5.73 Å². The number of nitrogens with two attached hydrogens (primary N) is 1. The molecule has 1 atom stereocenters. The van der Waals surface area contributed by atoms with Gasteiger partial charge in [0.1, 0.15) is 11.6 Å². The highest BCUT2D eigenvalue weighted by Crippen LogP contribution is 2.57. The second-order valence-corrected chi connectivity index (χ2v) is 7.57. The summed E-state index contributed by atoms with van der Waals surface area (Å²) in [6.07, 6.45) is 8.20. The average molecular weight is 274 g/mol. The van der Waals surface area contributed by atoms with Crippen LogP contribution < -0.4 is 5.73 Å². The summed E-state index contributed by atoms with van der Waals surface area (Å²) in [5, 5.41) is 4.35. The maximum Gasteiger partial charge on any atom is 0.147 e.